The van der Waals surface area contributed by atoms with E-state index in [1.165, 1.54) is 48.3 Å². The van der Waals surface area contributed by atoms with E-state index in [0.29, 0.717) is 0 Å². The van der Waals surface area contributed by atoms with Crippen LogP contribution in [0.5, 0.6) is 0 Å². The average Bonchev–Trinajstić information content (AvgIpc) is 2.20. The lowest BCUT2D eigenvalue weighted by Gasteiger charge is -2.38. The van der Waals surface area contributed by atoms with Gasteiger partial charge in [0.2, 0.25) is 0 Å². The third kappa shape index (κ3) is 3.22. The normalized spacial score (nSPS) is 23.3. The van der Waals surface area contributed by atoms with Gasteiger partial charge in [0.25, 0.3) is 0 Å². The molecule has 0 spiro atoms. The van der Waals surface area contributed by atoms with Crippen LogP contribution in [0.2, 0.25) is 0 Å². The molecular formula is C10H25NSi2. The summed E-state index contributed by atoms with van der Waals surface area (Å²) in [5.41, 5.74) is 0. The summed E-state index contributed by atoms with van der Waals surface area (Å²) in [5, 5.41) is 0. The van der Waals surface area contributed by atoms with Gasteiger partial charge in [-0.1, -0.05) is 33.1 Å². The van der Waals surface area contributed by atoms with Crippen molar-refractivity contribution in [1.29, 1.82) is 0 Å². The van der Waals surface area contributed by atoms with Crippen LogP contribution in [-0.4, -0.2) is 35.6 Å². The second-order valence-electron chi connectivity index (χ2n) is 4.38. The van der Waals surface area contributed by atoms with Gasteiger partial charge in [0.15, 0.2) is 0 Å². The van der Waals surface area contributed by atoms with E-state index in [-0.39, 0.29) is 9.20 Å². The molecule has 0 aliphatic heterocycles. The van der Waals surface area contributed by atoms with Crippen molar-refractivity contribution in [3.05, 3.63) is 0 Å². The summed E-state index contributed by atoms with van der Waals surface area (Å²) in [6.45, 7) is 4.77. The van der Waals surface area contributed by atoms with E-state index in [9.17, 15) is 0 Å². The molecule has 0 radical (unpaired) electrons. The average molecular weight is 215 g/mol. The van der Waals surface area contributed by atoms with Crippen molar-refractivity contribution in [1.82, 2.24) is 4.57 Å². The Bertz CT molecular complexity index is 135. The molecule has 0 heterocycles. The molecule has 1 aliphatic rings. The highest BCUT2D eigenvalue weighted by atomic mass is 29.1. The topological polar surface area (TPSA) is 3.24 Å². The Labute approximate surface area is 88.4 Å². The zero-order valence-corrected chi connectivity index (χ0v) is 13.0. The van der Waals surface area contributed by atoms with E-state index in [4.69, 9.17) is 0 Å². The van der Waals surface area contributed by atoms with Crippen molar-refractivity contribution < 1.29 is 0 Å². The molecule has 0 saturated heterocycles. The third-order valence-corrected chi connectivity index (χ3v) is 7.63. The lowest BCUT2D eigenvalue weighted by Crippen LogP contribution is -2.45. The summed E-state index contributed by atoms with van der Waals surface area (Å²) >= 11 is 0. The Morgan fingerprint density at radius 2 is 2.00 bits per heavy atom. The molecule has 13 heavy (non-hydrogen) atoms. The predicted molar refractivity (Wildman–Crippen MR) is 66.9 cm³/mol. The second kappa shape index (κ2) is 5.99. The number of nitrogens with zero attached hydrogens (tertiary/aromatic N) is 1. The van der Waals surface area contributed by atoms with Crippen LogP contribution in [0.3, 0.4) is 0 Å². The largest absolute Gasteiger partial charge is 0.327 e. The zero-order chi connectivity index (χ0) is 9.68. The summed E-state index contributed by atoms with van der Waals surface area (Å²) in [4.78, 5) is 0. The second-order valence-corrected chi connectivity index (χ2v) is 7.64. The summed E-state index contributed by atoms with van der Waals surface area (Å²) in [6.07, 6.45) is 8.83. The van der Waals surface area contributed by atoms with Crippen LogP contribution in [-0.2, 0) is 0 Å². The molecular weight excluding hydrogens is 190 g/mol. The van der Waals surface area contributed by atoms with E-state index < -0.39 is 0 Å². The van der Waals surface area contributed by atoms with Gasteiger partial charge in [-0.05, 0) is 25.3 Å². The van der Waals surface area contributed by atoms with E-state index in [1.807, 2.05) is 0 Å². The Hall–Kier alpha value is 0.394. The SMILES string of the molecule is CCC(C)N([SiH2][SiH3])C1CCCCC1. The molecule has 0 amide bonds. The molecule has 1 rings (SSSR count). The van der Waals surface area contributed by atoms with Crippen molar-refractivity contribution in [2.75, 3.05) is 0 Å². The minimum absolute atomic E-state index is 0.197. The van der Waals surface area contributed by atoms with Gasteiger partial charge in [-0.15, -0.1) is 0 Å². The highest BCUT2D eigenvalue weighted by Crippen LogP contribution is 2.23. The molecule has 0 aromatic heterocycles. The van der Waals surface area contributed by atoms with Crippen LogP contribution in [0.25, 0.3) is 0 Å². The summed E-state index contributed by atoms with van der Waals surface area (Å²) in [7, 11) is 1.67. The molecule has 1 nitrogen and oxygen atoms in total. The molecule has 0 aromatic carbocycles. The van der Waals surface area contributed by atoms with E-state index in [1.54, 1.807) is 0 Å². The molecule has 1 atom stereocenters. The van der Waals surface area contributed by atoms with Crippen molar-refractivity contribution in [3.63, 3.8) is 0 Å². The van der Waals surface area contributed by atoms with Gasteiger partial charge in [0.1, 0.15) is 0 Å². The smallest absolute Gasteiger partial charge is 0.0763 e. The van der Waals surface area contributed by atoms with Gasteiger partial charge in [0, 0.05) is 15.8 Å². The van der Waals surface area contributed by atoms with Crippen molar-refractivity contribution in [2.24, 2.45) is 0 Å². The van der Waals surface area contributed by atoms with Gasteiger partial charge >= 0.3 is 0 Å². The fraction of sp³-hybridized carbons (Fsp3) is 1.00. The van der Waals surface area contributed by atoms with Crippen molar-refractivity contribution in [3.8, 4) is 0 Å². The minimum atomic E-state index is 0.197. The maximum atomic E-state index is 2.91. The van der Waals surface area contributed by atoms with Crippen molar-refractivity contribution >= 4 is 19.0 Å². The van der Waals surface area contributed by atoms with Gasteiger partial charge in [0.05, 0.1) is 9.20 Å². The Kier molecular flexibility index (Phi) is 5.28. The number of hydrogen-bond acceptors (Lipinski definition) is 1. The summed E-state index contributed by atoms with van der Waals surface area (Å²) in [6, 6.07) is 1.88. The zero-order valence-electron chi connectivity index (χ0n) is 9.55. The monoisotopic (exact) mass is 215 g/mol. The van der Waals surface area contributed by atoms with Gasteiger partial charge in [-0.25, -0.2) is 0 Å². The minimum Gasteiger partial charge on any atom is -0.327 e. The first kappa shape index (κ1) is 11.5. The number of hydrogen-bond donors (Lipinski definition) is 0. The number of rotatable bonds is 4. The van der Waals surface area contributed by atoms with E-state index >= 15 is 0 Å². The van der Waals surface area contributed by atoms with Crippen LogP contribution in [0.1, 0.15) is 52.4 Å². The Balaban J connectivity index is 2.43. The molecule has 0 aromatic rings. The molecule has 1 saturated carbocycles. The van der Waals surface area contributed by atoms with Crippen LogP contribution >= 0.6 is 0 Å². The lowest BCUT2D eigenvalue weighted by molar-refractivity contribution is 0.212. The quantitative estimate of drug-likeness (QED) is 0.627. The van der Waals surface area contributed by atoms with Crippen LogP contribution in [0.4, 0.5) is 0 Å². The fourth-order valence-electron chi connectivity index (χ4n) is 2.58. The van der Waals surface area contributed by atoms with Gasteiger partial charge < -0.3 is 4.57 Å². The first-order valence-corrected chi connectivity index (χ1v) is 12.3. The molecule has 78 valence electrons. The molecule has 1 unspecified atom stereocenters. The lowest BCUT2D eigenvalue weighted by atomic mass is 9.95. The third-order valence-electron chi connectivity index (χ3n) is 3.57. The first-order chi connectivity index (χ1) is 6.29. The van der Waals surface area contributed by atoms with Crippen LogP contribution < -0.4 is 0 Å². The molecule has 0 bridgehead atoms. The standard InChI is InChI=1S/C10H25NSi2/c1-3-9(2)11(13-12)10-7-5-4-6-8-10/h9-10H,3-8,13H2,1-2,12H3. The molecule has 3 heteroatoms. The fourth-order valence-corrected chi connectivity index (χ4v) is 7.76. The first-order valence-electron chi connectivity index (χ1n) is 6.05. The maximum Gasteiger partial charge on any atom is 0.0763 e. The Morgan fingerprint density at radius 3 is 2.46 bits per heavy atom. The summed E-state index contributed by atoms with van der Waals surface area (Å²) in [5.74, 6) is 0. The van der Waals surface area contributed by atoms with Gasteiger partial charge in [-0.2, -0.15) is 0 Å². The molecule has 1 fully saturated rings. The van der Waals surface area contributed by atoms with Gasteiger partial charge in [-0.3, -0.25) is 0 Å². The molecule has 0 N–H and O–H groups in total. The van der Waals surface area contributed by atoms with E-state index in [0.717, 1.165) is 12.1 Å². The Morgan fingerprint density at radius 1 is 1.38 bits per heavy atom. The van der Waals surface area contributed by atoms with E-state index in [2.05, 4.69) is 18.4 Å². The van der Waals surface area contributed by atoms with Crippen LogP contribution in [0.15, 0.2) is 0 Å². The van der Waals surface area contributed by atoms with Crippen molar-refractivity contribution in [2.45, 2.75) is 64.5 Å². The van der Waals surface area contributed by atoms with Crippen LogP contribution in [0, 0.1) is 0 Å². The maximum absolute atomic E-state index is 2.91. The predicted octanol–water partition coefficient (Wildman–Crippen LogP) is 0.784. The highest BCUT2D eigenvalue weighted by Gasteiger charge is 2.22. The molecule has 1 aliphatic carbocycles. The highest BCUT2D eigenvalue weighted by molar-refractivity contribution is 6.87. The summed E-state index contributed by atoms with van der Waals surface area (Å²) < 4.78 is 2.91.